The second-order valence-corrected chi connectivity index (χ2v) is 8.69. The first-order valence-corrected chi connectivity index (χ1v) is 11.4. The lowest BCUT2D eigenvalue weighted by Gasteiger charge is -2.26. The van der Waals surface area contributed by atoms with Crippen LogP contribution in [-0.2, 0) is 27.1 Å². The molecule has 3 rings (SSSR count). The SMILES string of the molecule is CC(O)C(NS(=O)c1ccc(C#Cc2ccc(CN3CCOCC3)cc2)cc1)C(=O)NO. The van der Waals surface area contributed by atoms with Gasteiger partial charge in [-0.1, -0.05) is 24.0 Å². The van der Waals surface area contributed by atoms with Crippen molar-refractivity contribution in [3.8, 4) is 11.8 Å². The van der Waals surface area contributed by atoms with E-state index in [0.29, 0.717) is 4.90 Å². The number of morpholine rings is 1. The zero-order valence-corrected chi connectivity index (χ0v) is 18.6. The summed E-state index contributed by atoms with van der Waals surface area (Å²) < 4.78 is 20.3. The van der Waals surface area contributed by atoms with Crippen molar-refractivity contribution in [3.05, 3.63) is 65.2 Å². The summed E-state index contributed by atoms with van der Waals surface area (Å²) in [4.78, 5) is 14.4. The molecule has 1 aliphatic rings. The van der Waals surface area contributed by atoms with E-state index in [-0.39, 0.29) is 0 Å². The number of hydrogen-bond acceptors (Lipinski definition) is 6. The van der Waals surface area contributed by atoms with Gasteiger partial charge in [-0.05, 0) is 48.9 Å². The highest BCUT2D eigenvalue weighted by Gasteiger charge is 2.25. The molecule has 0 aliphatic carbocycles. The number of ether oxygens (including phenoxy) is 1. The fourth-order valence-electron chi connectivity index (χ4n) is 3.14. The first-order valence-electron chi connectivity index (χ1n) is 10.3. The van der Waals surface area contributed by atoms with Crippen molar-refractivity contribution in [1.29, 1.82) is 0 Å². The third kappa shape index (κ3) is 6.97. The minimum Gasteiger partial charge on any atom is -0.391 e. The Morgan fingerprint density at radius 3 is 2.19 bits per heavy atom. The molecule has 1 amide bonds. The van der Waals surface area contributed by atoms with E-state index < -0.39 is 29.0 Å². The van der Waals surface area contributed by atoms with Crippen LogP contribution in [0.5, 0.6) is 0 Å². The molecule has 2 aromatic rings. The van der Waals surface area contributed by atoms with Gasteiger partial charge in [-0.25, -0.2) is 14.4 Å². The molecule has 3 unspecified atom stereocenters. The third-order valence-electron chi connectivity index (χ3n) is 4.99. The number of nitrogens with one attached hydrogen (secondary N) is 2. The highest BCUT2D eigenvalue weighted by molar-refractivity contribution is 7.83. The van der Waals surface area contributed by atoms with Gasteiger partial charge < -0.3 is 9.84 Å². The predicted octanol–water partition coefficient (Wildman–Crippen LogP) is 0.786. The second-order valence-electron chi connectivity index (χ2n) is 7.44. The second kappa shape index (κ2) is 11.9. The Hall–Kier alpha value is -2.58. The molecule has 0 aromatic heterocycles. The van der Waals surface area contributed by atoms with Gasteiger partial charge in [-0.15, -0.1) is 0 Å². The van der Waals surface area contributed by atoms with E-state index in [9.17, 15) is 14.1 Å². The number of aliphatic hydroxyl groups is 1. The van der Waals surface area contributed by atoms with Gasteiger partial charge in [-0.2, -0.15) is 0 Å². The summed E-state index contributed by atoms with van der Waals surface area (Å²) in [7, 11) is -1.75. The zero-order chi connectivity index (χ0) is 22.9. The molecule has 32 heavy (non-hydrogen) atoms. The number of hydroxylamine groups is 1. The summed E-state index contributed by atoms with van der Waals surface area (Å²) in [5.41, 5.74) is 4.34. The summed E-state index contributed by atoms with van der Waals surface area (Å²) in [6, 6.07) is 13.7. The number of rotatable bonds is 7. The van der Waals surface area contributed by atoms with Gasteiger partial charge in [0.15, 0.2) is 0 Å². The van der Waals surface area contributed by atoms with Gasteiger partial charge in [0.25, 0.3) is 5.91 Å². The molecule has 8 nitrogen and oxygen atoms in total. The summed E-state index contributed by atoms with van der Waals surface area (Å²) in [5, 5.41) is 18.4. The Labute approximate surface area is 190 Å². The van der Waals surface area contributed by atoms with Gasteiger partial charge in [0, 0.05) is 30.8 Å². The van der Waals surface area contributed by atoms with E-state index in [1.54, 1.807) is 24.3 Å². The lowest BCUT2D eigenvalue weighted by Crippen LogP contribution is -2.50. The Balaban J connectivity index is 1.58. The van der Waals surface area contributed by atoms with Crippen LogP contribution in [0.4, 0.5) is 0 Å². The van der Waals surface area contributed by atoms with Gasteiger partial charge in [0.05, 0.1) is 24.2 Å². The number of carbonyl (C=O) groups is 1. The van der Waals surface area contributed by atoms with Crippen molar-refractivity contribution in [2.45, 2.75) is 30.5 Å². The van der Waals surface area contributed by atoms with E-state index in [2.05, 4.69) is 33.6 Å². The number of aliphatic hydroxyl groups excluding tert-OH is 1. The maximum atomic E-state index is 12.4. The quantitative estimate of drug-likeness (QED) is 0.278. The molecular formula is C23H27N3O5S. The van der Waals surface area contributed by atoms with Crippen LogP contribution in [-0.4, -0.2) is 63.8 Å². The lowest BCUT2D eigenvalue weighted by molar-refractivity contribution is -0.133. The van der Waals surface area contributed by atoms with E-state index in [1.807, 2.05) is 12.1 Å². The average molecular weight is 458 g/mol. The van der Waals surface area contributed by atoms with E-state index in [0.717, 1.165) is 44.0 Å². The maximum Gasteiger partial charge on any atom is 0.264 e. The Morgan fingerprint density at radius 2 is 1.66 bits per heavy atom. The smallest absolute Gasteiger partial charge is 0.264 e. The molecule has 0 spiro atoms. The molecule has 2 aromatic carbocycles. The molecule has 1 heterocycles. The highest BCUT2D eigenvalue weighted by Crippen LogP contribution is 2.11. The topological polar surface area (TPSA) is 111 Å². The van der Waals surface area contributed by atoms with Crippen molar-refractivity contribution >= 4 is 16.9 Å². The molecule has 1 aliphatic heterocycles. The fourth-order valence-corrected chi connectivity index (χ4v) is 4.20. The van der Waals surface area contributed by atoms with Crippen molar-refractivity contribution in [3.63, 3.8) is 0 Å². The first kappa shape index (κ1) is 24.1. The number of amides is 1. The molecule has 0 saturated carbocycles. The Bertz CT molecular complexity index is 977. The molecule has 9 heteroatoms. The maximum absolute atomic E-state index is 12.4. The third-order valence-corrected chi connectivity index (χ3v) is 6.16. The standard InChI is InChI=1S/C23H27N3O5S/c1-17(27)22(23(28)24-29)25-32(30)21-10-8-19(9-11-21)3-2-18-4-6-20(7-5-18)16-26-12-14-31-15-13-26/h4-11,17,22,25,27,29H,12-16H2,1H3,(H,24,28). The van der Waals surface area contributed by atoms with Crippen molar-refractivity contribution < 1.29 is 24.1 Å². The number of nitrogens with zero attached hydrogens (tertiary/aromatic N) is 1. The molecule has 3 atom stereocenters. The van der Waals surface area contributed by atoms with Crippen LogP contribution >= 0.6 is 0 Å². The van der Waals surface area contributed by atoms with Gasteiger partial charge in [-0.3, -0.25) is 14.9 Å². The molecule has 1 saturated heterocycles. The Kier molecular flexibility index (Phi) is 8.93. The van der Waals surface area contributed by atoms with E-state index >= 15 is 0 Å². The number of benzene rings is 2. The molecule has 4 N–H and O–H groups in total. The van der Waals surface area contributed by atoms with Crippen molar-refractivity contribution in [2.24, 2.45) is 0 Å². The monoisotopic (exact) mass is 457 g/mol. The molecule has 0 bridgehead atoms. The van der Waals surface area contributed by atoms with Gasteiger partial charge in [0.1, 0.15) is 17.0 Å². The largest absolute Gasteiger partial charge is 0.391 e. The van der Waals surface area contributed by atoms with Crippen LogP contribution in [0.3, 0.4) is 0 Å². The van der Waals surface area contributed by atoms with Crippen LogP contribution in [0.15, 0.2) is 53.4 Å². The summed E-state index contributed by atoms with van der Waals surface area (Å²) in [6.45, 7) is 5.73. The van der Waals surface area contributed by atoms with Gasteiger partial charge in [0.2, 0.25) is 0 Å². The number of hydrogen-bond donors (Lipinski definition) is 4. The minimum absolute atomic E-state index is 0.416. The van der Waals surface area contributed by atoms with Gasteiger partial charge >= 0.3 is 0 Å². The summed E-state index contributed by atoms with van der Waals surface area (Å²) in [5.74, 6) is 5.33. The first-order chi connectivity index (χ1) is 15.5. The molecule has 1 fully saturated rings. The lowest BCUT2D eigenvalue weighted by atomic mass is 10.1. The number of carbonyl (C=O) groups excluding carboxylic acids is 1. The molecular weight excluding hydrogens is 430 g/mol. The van der Waals surface area contributed by atoms with E-state index in [1.165, 1.54) is 18.0 Å². The van der Waals surface area contributed by atoms with Crippen LogP contribution < -0.4 is 10.2 Å². The normalized spacial score (nSPS) is 17.0. The van der Waals surface area contributed by atoms with Crippen LogP contribution in [0.2, 0.25) is 0 Å². The highest BCUT2D eigenvalue weighted by atomic mass is 32.2. The average Bonchev–Trinajstić information content (AvgIpc) is 2.82. The van der Waals surface area contributed by atoms with Crippen LogP contribution in [0.25, 0.3) is 0 Å². The summed E-state index contributed by atoms with van der Waals surface area (Å²) in [6.07, 6.45) is -1.14. The van der Waals surface area contributed by atoms with Crippen LogP contribution in [0.1, 0.15) is 23.6 Å². The summed E-state index contributed by atoms with van der Waals surface area (Å²) >= 11 is 0. The minimum atomic E-state index is -1.75. The van der Waals surface area contributed by atoms with E-state index in [4.69, 9.17) is 9.94 Å². The Morgan fingerprint density at radius 1 is 1.09 bits per heavy atom. The van der Waals surface area contributed by atoms with Crippen molar-refractivity contribution in [1.82, 2.24) is 15.1 Å². The fraction of sp³-hybridized carbons (Fsp3) is 0.348. The van der Waals surface area contributed by atoms with Crippen molar-refractivity contribution in [2.75, 3.05) is 26.3 Å². The molecule has 0 radical (unpaired) electrons. The predicted molar refractivity (Wildman–Crippen MR) is 120 cm³/mol. The molecule has 170 valence electrons. The zero-order valence-electron chi connectivity index (χ0n) is 17.8. The van der Waals surface area contributed by atoms with Crippen LogP contribution in [0, 0.1) is 11.8 Å².